The molecule has 2 aliphatic heterocycles. The summed E-state index contributed by atoms with van der Waals surface area (Å²) >= 11 is 0. The normalized spacial score (nSPS) is 21.8. The van der Waals surface area contributed by atoms with Crippen LogP contribution in [-0.4, -0.2) is 25.3 Å². The Hall–Kier alpha value is -1.22. The standard InChI is InChI=1S/C16H23NO2/c1-16(2)10-13-4-3-5-14(15(13)19-16)18-11-12-6-8-17-9-7-12/h3-5,12,17H,6-11H2,1-2H3. The lowest BCUT2D eigenvalue weighted by atomic mass is 9.99. The van der Waals surface area contributed by atoms with Crippen LogP contribution in [0.1, 0.15) is 32.3 Å². The summed E-state index contributed by atoms with van der Waals surface area (Å²) in [6.07, 6.45) is 3.38. The van der Waals surface area contributed by atoms with E-state index in [1.165, 1.54) is 18.4 Å². The summed E-state index contributed by atoms with van der Waals surface area (Å²) in [6, 6.07) is 6.24. The zero-order valence-corrected chi connectivity index (χ0v) is 11.9. The van der Waals surface area contributed by atoms with Crippen molar-refractivity contribution in [1.82, 2.24) is 5.32 Å². The number of nitrogens with one attached hydrogen (secondary N) is 1. The lowest BCUT2D eigenvalue weighted by Gasteiger charge is -2.23. The summed E-state index contributed by atoms with van der Waals surface area (Å²) in [7, 11) is 0. The van der Waals surface area contributed by atoms with Crippen molar-refractivity contribution in [2.45, 2.75) is 38.7 Å². The van der Waals surface area contributed by atoms with Crippen LogP contribution in [-0.2, 0) is 6.42 Å². The number of ether oxygens (including phenoxy) is 2. The Kier molecular flexibility index (Phi) is 3.40. The first-order chi connectivity index (χ1) is 9.14. The van der Waals surface area contributed by atoms with Crippen LogP contribution >= 0.6 is 0 Å². The van der Waals surface area contributed by atoms with Gasteiger partial charge in [-0.25, -0.2) is 0 Å². The molecule has 0 aliphatic carbocycles. The summed E-state index contributed by atoms with van der Waals surface area (Å²) in [5.41, 5.74) is 1.17. The van der Waals surface area contributed by atoms with E-state index in [0.717, 1.165) is 37.6 Å². The maximum atomic E-state index is 6.03. The Bertz CT molecular complexity index is 450. The monoisotopic (exact) mass is 261 g/mol. The second-order valence-electron chi connectivity index (χ2n) is 6.29. The number of fused-ring (bicyclic) bond motifs is 1. The van der Waals surface area contributed by atoms with Gasteiger partial charge in [0.2, 0.25) is 0 Å². The third-order valence-corrected chi connectivity index (χ3v) is 3.99. The fourth-order valence-corrected chi connectivity index (χ4v) is 2.96. The highest BCUT2D eigenvalue weighted by atomic mass is 16.5. The summed E-state index contributed by atoms with van der Waals surface area (Å²) < 4.78 is 12.1. The summed E-state index contributed by atoms with van der Waals surface area (Å²) in [6.45, 7) is 7.30. The van der Waals surface area contributed by atoms with Crippen molar-refractivity contribution in [1.29, 1.82) is 0 Å². The number of hydrogen-bond donors (Lipinski definition) is 1. The molecule has 0 saturated carbocycles. The fourth-order valence-electron chi connectivity index (χ4n) is 2.96. The smallest absolute Gasteiger partial charge is 0.165 e. The van der Waals surface area contributed by atoms with Crippen LogP contribution in [0, 0.1) is 5.92 Å². The average Bonchev–Trinajstić information content (AvgIpc) is 2.72. The van der Waals surface area contributed by atoms with Crippen LogP contribution in [0.5, 0.6) is 11.5 Å². The zero-order chi connectivity index (χ0) is 13.3. The quantitative estimate of drug-likeness (QED) is 0.907. The van der Waals surface area contributed by atoms with E-state index in [9.17, 15) is 0 Å². The Morgan fingerprint density at radius 3 is 2.89 bits per heavy atom. The van der Waals surface area contributed by atoms with Crippen LogP contribution in [0.4, 0.5) is 0 Å². The molecule has 1 aromatic carbocycles. The minimum absolute atomic E-state index is 0.101. The van der Waals surface area contributed by atoms with Gasteiger partial charge in [0.15, 0.2) is 11.5 Å². The summed E-state index contributed by atoms with van der Waals surface area (Å²) in [5, 5.41) is 3.39. The van der Waals surface area contributed by atoms with Gasteiger partial charge in [0.25, 0.3) is 0 Å². The number of para-hydroxylation sites is 1. The lowest BCUT2D eigenvalue weighted by Crippen LogP contribution is -2.30. The molecule has 1 aromatic rings. The van der Waals surface area contributed by atoms with Crippen LogP contribution in [0.25, 0.3) is 0 Å². The molecule has 0 bridgehead atoms. The SMILES string of the molecule is CC1(C)Cc2cccc(OCC3CCNCC3)c2O1. The van der Waals surface area contributed by atoms with Crippen LogP contribution in [0.15, 0.2) is 18.2 Å². The molecule has 1 fully saturated rings. The van der Waals surface area contributed by atoms with Crippen molar-refractivity contribution in [3.05, 3.63) is 23.8 Å². The predicted molar refractivity (Wildman–Crippen MR) is 75.9 cm³/mol. The van der Waals surface area contributed by atoms with Gasteiger partial charge in [-0.1, -0.05) is 12.1 Å². The molecular formula is C16H23NO2. The van der Waals surface area contributed by atoms with E-state index in [-0.39, 0.29) is 5.60 Å². The molecule has 3 rings (SSSR count). The topological polar surface area (TPSA) is 30.5 Å². The van der Waals surface area contributed by atoms with Gasteiger partial charge < -0.3 is 14.8 Å². The first kappa shape index (κ1) is 12.8. The van der Waals surface area contributed by atoms with Gasteiger partial charge in [-0.2, -0.15) is 0 Å². The Morgan fingerprint density at radius 2 is 2.11 bits per heavy atom. The molecule has 0 radical (unpaired) electrons. The average molecular weight is 261 g/mol. The van der Waals surface area contributed by atoms with E-state index in [2.05, 4.69) is 31.3 Å². The predicted octanol–water partition coefficient (Wildman–Crippen LogP) is 2.78. The number of benzene rings is 1. The first-order valence-electron chi connectivity index (χ1n) is 7.28. The third kappa shape index (κ3) is 2.86. The van der Waals surface area contributed by atoms with Crippen molar-refractivity contribution in [2.75, 3.05) is 19.7 Å². The van der Waals surface area contributed by atoms with E-state index >= 15 is 0 Å². The van der Waals surface area contributed by atoms with Crippen molar-refractivity contribution in [3.8, 4) is 11.5 Å². The molecule has 1 saturated heterocycles. The van der Waals surface area contributed by atoms with Crippen LogP contribution < -0.4 is 14.8 Å². The van der Waals surface area contributed by atoms with Gasteiger partial charge in [0.1, 0.15) is 5.60 Å². The van der Waals surface area contributed by atoms with E-state index in [0.29, 0.717) is 5.92 Å². The Balaban J connectivity index is 1.67. The summed E-state index contributed by atoms with van der Waals surface area (Å²) in [4.78, 5) is 0. The molecule has 0 unspecified atom stereocenters. The van der Waals surface area contributed by atoms with E-state index in [1.54, 1.807) is 0 Å². The third-order valence-electron chi connectivity index (χ3n) is 3.99. The molecular weight excluding hydrogens is 238 g/mol. The second-order valence-corrected chi connectivity index (χ2v) is 6.29. The number of piperidine rings is 1. The molecule has 2 heterocycles. The highest BCUT2D eigenvalue weighted by molar-refractivity contribution is 5.50. The highest BCUT2D eigenvalue weighted by Gasteiger charge is 2.32. The van der Waals surface area contributed by atoms with Gasteiger partial charge in [-0.15, -0.1) is 0 Å². The van der Waals surface area contributed by atoms with Crippen molar-refractivity contribution in [3.63, 3.8) is 0 Å². The minimum Gasteiger partial charge on any atom is -0.489 e. The number of hydrogen-bond acceptors (Lipinski definition) is 3. The highest BCUT2D eigenvalue weighted by Crippen LogP contribution is 2.41. The molecule has 104 valence electrons. The van der Waals surface area contributed by atoms with E-state index in [1.807, 2.05) is 6.07 Å². The molecule has 0 aromatic heterocycles. The molecule has 0 amide bonds. The van der Waals surface area contributed by atoms with Crippen molar-refractivity contribution >= 4 is 0 Å². The largest absolute Gasteiger partial charge is 0.489 e. The Morgan fingerprint density at radius 1 is 1.32 bits per heavy atom. The molecule has 2 aliphatic rings. The molecule has 1 N–H and O–H groups in total. The summed E-state index contributed by atoms with van der Waals surface area (Å²) in [5.74, 6) is 2.55. The van der Waals surface area contributed by atoms with Crippen LogP contribution in [0.3, 0.4) is 0 Å². The minimum atomic E-state index is -0.101. The first-order valence-corrected chi connectivity index (χ1v) is 7.28. The Labute approximate surface area is 115 Å². The van der Waals surface area contributed by atoms with Crippen molar-refractivity contribution < 1.29 is 9.47 Å². The van der Waals surface area contributed by atoms with Gasteiger partial charge >= 0.3 is 0 Å². The maximum Gasteiger partial charge on any atom is 0.165 e. The van der Waals surface area contributed by atoms with Gasteiger partial charge in [0, 0.05) is 12.0 Å². The molecule has 0 spiro atoms. The molecule has 3 heteroatoms. The van der Waals surface area contributed by atoms with Gasteiger partial charge in [-0.3, -0.25) is 0 Å². The molecule has 0 atom stereocenters. The van der Waals surface area contributed by atoms with Gasteiger partial charge in [-0.05, 0) is 51.8 Å². The molecule has 19 heavy (non-hydrogen) atoms. The fraction of sp³-hybridized carbons (Fsp3) is 0.625. The van der Waals surface area contributed by atoms with Crippen LogP contribution in [0.2, 0.25) is 0 Å². The van der Waals surface area contributed by atoms with E-state index < -0.39 is 0 Å². The van der Waals surface area contributed by atoms with Gasteiger partial charge in [0.05, 0.1) is 6.61 Å². The zero-order valence-electron chi connectivity index (χ0n) is 11.9. The maximum absolute atomic E-state index is 6.03. The number of rotatable bonds is 3. The molecule has 3 nitrogen and oxygen atoms in total. The lowest BCUT2D eigenvalue weighted by molar-refractivity contribution is 0.128. The van der Waals surface area contributed by atoms with Crippen molar-refractivity contribution in [2.24, 2.45) is 5.92 Å². The van der Waals surface area contributed by atoms with E-state index in [4.69, 9.17) is 9.47 Å². The second kappa shape index (κ2) is 5.04.